The van der Waals surface area contributed by atoms with Crippen LogP contribution >= 0.6 is 11.8 Å². The summed E-state index contributed by atoms with van der Waals surface area (Å²) in [7, 11) is 0. The smallest absolute Gasteiger partial charge is 0.145 e. The Labute approximate surface area is 116 Å². The first-order chi connectivity index (χ1) is 9.11. The molecule has 0 spiro atoms. The Bertz CT molecular complexity index is 596. The number of nitrogens with one attached hydrogen (secondary N) is 1. The van der Waals surface area contributed by atoms with Crippen molar-refractivity contribution in [2.24, 2.45) is 5.73 Å². The van der Waals surface area contributed by atoms with E-state index in [2.05, 4.69) is 4.98 Å². The van der Waals surface area contributed by atoms with Crippen LogP contribution in [0.2, 0.25) is 0 Å². The van der Waals surface area contributed by atoms with Crippen LogP contribution in [-0.4, -0.2) is 17.1 Å². The van der Waals surface area contributed by atoms with E-state index < -0.39 is 0 Å². The highest BCUT2D eigenvalue weighted by atomic mass is 32.2. The van der Waals surface area contributed by atoms with Gasteiger partial charge < -0.3 is 10.5 Å². The number of nitrogen functional groups attached to an aromatic ring is 1. The number of benzene rings is 1. The topological polar surface area (TPSA) is 72.0 Å². The van der Waals surface area contributed by atoms with Crippen LogP contribution < -0.4 is 10.5 Å². The Morgan fingerprint density at radius 3 is 2.68 bits per heavy atom. The van der Waals surface area contributed by atoms with E-state index >= 15 is 0 Å². The number of pyridine rings is 1. The van der Waals surface area contributed by atoms with Crippen LogP contribution in [0.4, 0.5) is 0 Å². The van der Waals surface area contributed by atoms with Crippen LogP contribution in [0.15, 0.2) is 41.4 Å². The third-order valence-corrected chi connectivity index (χ3v) is 3.37. The summed E-state index contributed by atoms with van der Waals surface area (Å²) < 4.78 is 5.77. The van der Waals surface area contributed by atoms with Gasteiger partial charge in [0.1, 0.15) is 17.3 Å². The first-order valence-corrected chi connectivity index (χ1v) is 6.96. The van der Waals surface area contributed by atoms with Gasteiger partial charge in [-0.3, -0.25) is 10.4 Å². The van der Waals surface area contributed by atoms with E-state index in [1.54, 1.807) is 12.3 Å². The van der Waals surface area contributed by atoms with E-state index in [-0.39, 0.29) is 5.84 Å². The molecule has 19 heavy (non-hydrogen) atoms. The summed E-state index contributed by atoms with van der Waals surface area (Å²) in [6.07, 6.45) is 3.60. The minimum Gasteiger partial charge on any atom is -0.455 e. The molecule has 0 bridgehead atoms. The second-order valence-electron chi connectivity index (χ2n) is 3.98. The predicted molar refractivity (Wildman–Crippen MR) is 78.3 cm³/mol. The van der Waals surface area contributed by atoms with Crippen molar-refractivity contribution in [2.75, 3.05) is 6.26 Å². The number of hydrogen-bond acceptors (Lipinski definition) is 4. The molecule has 1 heterocycles. The van der Waals surface area contributed by atoms with Gasteiger partial charge in [0, 0.05) is 10.6 Å². The molecule has 2 rings (SSSR count). The fraction of sp³-hybridized carbons (Fsp3) is 0.143. The number of rotatable bonds is 4. The number of aryl methyl sites for hydroxylation is 1. The maximum atomic E-state index is 7.69. The zero-order valence-corrected chi connectivity index (χ0v) is 11.6. The van der Waals surface area contributed by atoms with E-state index in [1.807, 2.05) is 37.4 Å². The normalized spacial score (nSPS) is 10.2. The van der Waals surface area contributed by atoms with Crippen LogP contribution in [0, 0.1) is 12.3 Å². The molecule has 0 aliphatic rings. The van der Waals surface area contributed by atoms with E-state index in [9.17, 15) is 0 Å². The number of ether oxygens (including phenoxy) is 1. The van der Waals surface area contributed by atoms with Gasteiger partial charge in [-0.2, -0.15) is 0 Å². The van der Waals surface area contributed by atoms with Crippen molar-refractivity contribution >= 4 is 17.6 Å². The molecule has 0 aliphatic heterocycles. The average molecular weight is 273 g/mol. The second-order valence-corrected chi connectivity index (χ2v) is 4.83. The third-order valence-electron chi connectivity index (χ3n) is 2.59. The van der Waals surface area contributed by atoms with Gasteiger partial charge >= 0.3 is 0 Å². The van der Waals surface area contributed by atoms with Gasteiger partial charge in [0.15, 0.2) is 0 Å². The fourth-order valence-electron chi connectivity index (χ4n) is 1.67. The van der Waals surface area contributed by atoms with Crippen molar-refractivity contribution in [1.82, 2.24) is 4.98 Å². The van der Waals surface area contributed by atoms with E-state index in [0.717, 1.165) is 10.6 Å². The highest BCUT2D eigenvalue weighted by molar-refractivity contribution is 7.98. The Kier molecular flexibility index (Phi) is 4.06. The van der Waals surface area contributed by atoms with Crippen molar-refractivity contribution in [3.05, 3.63) is 47.8 Å². The Balaban J connectivity index is 2.39. The summed E-state index contributed by atoms with van der Waals surface area (Å²) in [5.41, 5.74) is 7.19. The van der Waals surface area contributed by atoms with Crippen LogP contribution in [0.5, 0.6) is 11.5 Å². The molecule has 1 aromatic carbocycles. The van der Waals surface area contributed by atoms with Gasteiger partial charge in [0.05, 0.1) is 11.8 Å². The third kappa shape index (κ3) is 3.06. The molecule has 0 aliphatic carbocycles. The minimum absolute atomic E-state index is 0.0000193. The first kappa shape index (κ1) is 13.4. The lowest BCUT2D eigenvalue weighted by atomic mass is 10.2. The maximum absolute atomic E-state index is 7.69. The van der Waals surface area contributed by atoms with Gasteiger partial charge in [0.25, 0.3) is 0 Å². The second kappa shape index (κ2) is 5.75. The number of nitrogens with zero attached hydrogens (tertiary/aromatic N) is 1. The molecule has 0 saturated heterocycles. The average Bonchev–Trinajstić information content (AvgIpc) is 2.40. The van der Waals surface area contributed by atoms with Gasteiger partial charge in [0.2, 0.25) is 0 Å². The lowest BCUT2D eigenvalue weighted by Gasteiger charge is -2.13. The summed E-state index contributed by atoms with van der Waals surface area (Å²) in [5.74, 6) is 1.20. The zero-order valence-electron chi connectivity index (χ0n) is 10.8. The standard InChI is InChI=1S/C14H15N3OS/c1-9-6-7-10(8-17-9)18-11-4-3-5-12(19-2)13(11)14(15)16/h3-8H,1-2H3,(H3,15,16). The molecule has 0 atom stereocenters. The summed E-state index contributed by atoms with van der Waals surface area (Å²) in [6, 6.07) is 9.33. The Morgan fingerprint density at radius 2 is 2.11 bits per heavy atom. The Morgan fingerprint density at radius 1 is 1.32 bits per heavy atom. The van der Waals surface area contributed by atoms with E-state index in [1.165, 1.54) is 11.8 Å². The van der Waals surface area contributed by atoms with Crippen molar-refractivity contribution < 1.29 is 4.74 Å². The van der Waals surface area contributed by atoms with E-state index in [0.29, 0.717) is 17.1 Å². The van der Waals surface area contributed by atoms with Crippen molar-refractivity contribution in [3.63, 3.8) is 0 Å². The molecular formula is C14H15N3OS. The highest BCUT2D eigenvalue weighted by Crippen LogP contribution is 2.31. The molecule has 0 amide bonds. The first-order valence-electron chi connectivity index (χ1n) is 5.73. The minimum atomic E-state index is 0.0000193. The number of thioether (sulfide) groups is 1. The predicted octanol–water partition coefficient (Wildman–Crippen LogP) is 3.19. The van der Waals surface area contributed by atoms with Gasteiger partial charge in [-0.05, 0) is 37.4 Å². The highest BCUT2D eigenvalue weighted by Gasteiger charge is 2.12. The monoisotopic (exact) mass is 273 g/mol. The van der Waals surface area contributed by atoms with Crippen LogP contribution in [-0.2, 0) is 0 Å². The maximum Gasteiger partial charge on any atom is 0.145 e. The number of amidine groups is 1. The molecule has 0 saturated carbocycles. The quantitative estimate of drug-likeness (QED) is 0.510. The summed E-state index contributed by atoms with van der Waals surface area (Å²) in [5, 5.41) is 7.69. The number of nitrogens with two attached hydrogens (primary N) is 1. The molecule has 1 aromatic heterocycles. The van der Waals surface area contributed by atoms with Gasteiger partial charge in [-0.15, -0.1) is 11.8 Å². The SMILES string of the molecule is CSc1cccc(Oc2ccc(C)nc2)c1C(=N)N. The van der Waals surface area contributed by atoms with Gasteiger partial charge in [-0.1, -0.05) is 6.07 Å². The molecular weight excluding hydrogens is 258 g/mol. The van der Waals surface area contributed by atoms with Crippen molar-refractivity contribution in [2.45, 2.75) is 11.8 Å². The lowest BCUT2D eigenvalue weighted by Crippen LogP contribution is -2.13. The van der Waals surface area contributed by atoms with Crippen molar-refractivity contribution in [1.29, 1.82) is 5.41 Å². The van der Waals surface area contributed by atoms with Crippen molar-refractivity contribution in [3.8, 4) is 11.5 Å². The summed E-state index contributed by atoms with van der Waals surface area (Å²) >= 11 is 1.53. The van der Waals surface area contributed by atoms with Gasteiger partial charge in [-0.25, -0.2) is 0 Å². The van der Waals surface area contributed by atoms with Crippen LogP contribution in [0.1, 0.15) is 11.3 Å². The largest absolute Gasteiger partial charge is 0.455 e. The molecule has 5 heteroatoms. The molecule has 2 aromatic rings. The Hall–Kier alpha value is -2.01. The van der Waals surface area contributed by atoms with Crippen LogP contribution in [0.3, 0.4) is 0 Å². The van der Waals surface area contributed by atoms with Crippen LogP contribution in [0.25, 0.3) is 0 Å². The lowest BCUT2D eigenvalue weighted by molar-refractivity contribution is 0.477. The zero-order chi connectivity index (χ0) is 13.8. The van der Waals surface area contributed by atoms with E-state index in [4.69, 9.17) is 15.9 Å². The summed E-state index contributed by atoms with van der Waals surface area (Å²) in [4.78, 5) is 5.10. The molecule has 98 valence electrons. The molecule has 0 radical (unpaired) electrons. The fourth-order valence-corrected chi connectivity index (χ4v) is 2.30. The molecule has 4 nitrogen and oxygen atoms in total. The molecule has 3 N–H and O–H groups in total. The number of hydrogen-bond donors (Lipinski definition) is 2. The number of aromatic nitrogens is 1. The molecule has 0 fully saturated rings. The molecule has 0 unspecified atom stereocenters. The summed E-state index contributed by atoms with van der Waals surface area (Å²) in [6.45, 7) is 1.92.